The first kappa shape index (κ1) is 14.9. The monoisotopic (exact) mass is 335 g/mol. The van der Waals surface area contributed by atoms with Crippen LogP contribution in [0, 0.1) is 0 Å². The number of fused-ring (bicyclic) bond motifs is 1. The lowest BCUT2D eigenvalue weighted by Gasteiger charge is -2.04. The van der Waals surface area contributed by atoms with Gasteiger partial charge in [-0.15, -0.1) is 10.2 Å². The molecule has 0 spiro atoms. The number of rotatable bonds is 4. The molecule has 8 nitrogen and oxygen atoms in total. The molecule has 0 aliphatic heterocycles. The normalized spacial score (nSPS) is 10.8. The van der Waals surface area contributed by atoms with Crippen LogP contribution in [0.1, 0.15) is 10.6 Å². The van der Waals surface area contributed by atoms with E-state index >= 15 is 0 Å². The van der Waals surface area contributed by atoms with Crippen molar-refractivity contribution in [3.63, 3.8) is 0 Å². The minimum Gasteiger partial charge on any atom is -0.493 e. The van der Waals surface area contributed by atoms with Crippen LogP contribution in [0.4, 0.5) is 5.69 Å². The molecule has 0 aliphatic carbocycles. The standard InChI is InChI=1S/C17H13N5O3/c1-24-13-7-3-4-10-9-14(25-15(10)13)17(23)18-12-6-2-5-11(8-12)16-19-21-22-20-16/h2-9H,1H3,(H,18,23)(H,19,20,21,22). The number of nitrogens with zero attached hydrogens (tertiary/aromatic N) is 3. The molecule has 2 N–H and O–H groups in total. The van der Waals surface area contributed by atoms with E-state index in [1.165, 1.54) is 0 Å². The Bertz CT molecular complexity index is 1040. The number of carbonyl (C=O) groups is 1. The number of nitrogens with one attached hydrogen (secondary N) is 2. The molecule has 2 aromatic heterocycles. The maximum absolute atomic E-state index is 12.5. The summed E-state index contributed by atoms with van der Waals surface area (Å²) in [6.45, 7) is 0. The number of furan rings is 1. The Hall–Kier alpha value is -3.68. The Labute approximate surface area is 141 Å². The van der Waals surface area contributed by atoms with Crippen molar-refractivity contribution < 1.29 is 13.9 Å². The van der Waals surface area contributed by atoms with Crippen molar-refractivity contribution in [2.45, 2.75) is 0 Å². The van der Waals surface area contributed by atoms with Crippen molar-refractivity contribution in [3.8, 4) is 17.1 Å². The van der Waals surface area contributed by atoms with E-state index in [9.17, 15) is 4.79 Å². The second-order valence-corrected chi connectivity index (χ2v) is 5.26. The Kier molecular flexibility index (Phi) is 3.62. The summed E-state index contributed by atoms with van der Waals surface area (Å²) in [5.41, 5.74) is 1.87. The van der Waals surface area contributed by atoms with Crippen LogP contribution < -0.4 is 10.1 Å². The zero-order valence-electron chi connectivity index (χ0n) is 13.2. The Morgan fingerprint density at radius 1 is 1.20 bits per heavy atom. The Morgan fingerprint density at radius 2 is 2.08 bits per heavy atom. The summed E-state index contributed by atoms with van der Waals surface area (Å²) >= 11 is 0. The van der Waals surface area contributed by atoms with Crippen molar-refractivity contribution in [3.05, 3.63) is 54.3 Å². The van der Waals surface area contributed by atoms with E-state index in [1.807, 2.05) is 18.2 Å². The first-order valence-corrected chi connectivity index (χ1v) is 7.46. The number of tetrazole rings is 1. The number of methoxy groups -OCH3 is 1. The van der Waals surface area contributed by atoms with Crippen molar-refractivity contribution in [1.29, 1.82) is 0 Å². The van der Waals surface area contributed by atoms with E-state index < -0.39 is 0 Å². The maximum Gasteiger partial charge on any atom is 0.291 e. The van der Waals surface area contributed by atoms with Crippen LogP contribution >= 0.6 is 0 Å². The summed E-state index contributed by atoms with van der Waals surface area (Å²) < 4.78 is 10.9. The van der Waals surface area contributed by atoms with E-state index in [-0.39, 0.29) is 11.7 Å². The fourth-order valence-electron chi connectivity index (χ4n) is 2.52. The third-order valence-corrected chi connectivity index (χ3v) is 3.68. The molecule has 0 radical (unpaired) electrons. The predicted molar refractivity (Wildman–Crippen MR) is 90.3 cm³/mol. The van der Waals surface area contributed by atoms with Gasteiger partial charge < -0.3 is 14.5 Å². The van der Waals surface area contributed by atoms with Gasteiger partial charge in [-0.1, -0.05) is 24.3 Å². The largest absolute Gasteiger partial charge is 0.493 e. The van der Waals surface area contributed by atoms with Gasteiger partial charge in [0.15, 0.2) is 17.1 Å². The predicted octanol–water partition coefficient (Wildman–Crippen LogP) is 2.87. The third-order valence-electron chi connectivity index (χ3n) is 3.68. The van der Waals surface area contributed by atoms with E-state index in [1.54, 1.807) is 37.4 Å². The molecule has 124 valence electrons. The number of hydrogen-bond acceptors (Lipinski definition) is 6. The number of carbonyl (C=O) groups excluding carboxylic acids is 1. The lowest BCUT2D eigenvalue weighted by Crippen LogP contribution is -2.10. The molecule has 1 amide bonds. The highest BCUT2D eigenvalue weighted by Gasteiger charge is 2.15. The van der Waals surface area contributed by atoms with Crippen LogP contribution in [0.25, 0.3) is 22.4 Å². The van der Waals surface area contributed by atoms with Gasteiger partial charge in [-0.05, 0) is 29.5 Å². The smallest absolute Gasteiger partial charge is 0.291 e. The number of anilines is 1. The van der Waals surface area contributed by atoms with Crippen LogP contribution in [0.3, 0.4) is 0 Å². The highest BCUT2D eigenvalue weighted by atomic mass is 16.5. The molecule has 0 atom stereocenters. The Morgan fingerprint density at radius 3 is 2.88 bits per heavy atom. The highest BCUT2D eigenvalue weighted by Crippen LogP contribution is 2.29. The molecule has 0 saturated carbocycles. The van der Waals surface area contributed by atoms with Crippen LogP contribution in [0.5, 0.6) is 5.75 Å². The average molecular weight is 335 g/mol. The molecule has 0 fully saturated rings. The van der Waals surface area contributed by atoms with E-state index in [2.05, 4.69) is 25.9 Å². The fraction of sp³-hybridized carbons (Fsp3) is 0.0588. The van der Waals surface area contributed by atoms with Crippen LogP contribution in [0.15, 0.2) is 52.9 Å². The number of ether oxygens (including phenoxy) is 1. The summed E-state index contributed by atoms with van der Waals surface area (Å²) in [4.78, 5) is 12.5. The number of amides is 1. The molecule has 4 rings (SSSR count). The molecular formula is C17H13N5O3. The zero-order valence-corrected chi connectivity index (χ0v) is 13.2. The van der Waals surface area contributed by atoms with Gasteiger partial charge in [0.2, 0.25) is 5.82 Å². The Balaban J connectivity index is 1.61. The van der Waals surface area contributed by atoms with Gasteiger partial charge in [-0.2, -0.15) is 5.21 Å². The molecule has 0 unspecified atom stereocenters. The molecule has 0 aliphatic rings. The van der Waals surface area contributed by atoms with Gasteiger partial charge in [0.05, 0.1) is 7.11 Å². The summed E-state index contributed by atoms with van der Waals surface area (Å²) in [5.74, 6) is 0.869. The van der Waals surface area contributed by atoms with Gasteiger partial charge in [0.1, 0.15) is 0 Å². The fourth-order valence-corrected chi connectivity index (χ4v) is 2.52. The van der Waals surface area contributed by atoms with Gasteiger partial charge in [0.25, 0.3) is 5.91 Å². The molecule has 8 heteroatoms. The van der Waals surface area contributed by atoms with E-state index in [4.69, 9.17) is 9.15 Å². The molecule has 4 aromatic rings. The maximum atomic E-state index is 12.5. The molecule has 2 aromatic carbocycles. The van der Waals surface area contributed by atoms with Crippen LogP contribution in [-0.4, -0.2) is 33.6 Å². The lowest BCUT2D eigenvalue weighted by atomic mass is 10.2. The average Bonchev–Trinajstić information content (AvgIpc) is 3.31. The summed E-state index contributed by atoms with van der Waals surface area (Å²) in [5, 5.41) is 17.4. The van der Waals surface area contributed by atoms with Crippen molar-refractivity contribution >= 4 is 22.6 Å². The van der Waals surface area contributed by atoms with Crippen LogP contribution in [0.2, 0.25) is 0 Å². The van der Waals surface area contributed by atoms with Crippen LogP contribution in [-0.2, 0) is 0 Å². The van der Waals surface area contributed by atoms with Crippen molar-refractivity contribution in [2.75, 3.05) is 12.4 Å². The first-order chi connectivity index (χ1) is 12.2. The summed E-state index contributed by atoms with van der Waals surface area (Å²) in [7, 11) is 1.56. The lowest BCUT2D eigenvalue weighted by molar-refractivity contribution is 0.0998. The van der Waals surface area contributed by atoms with Gasteiger partial charge in [-0.25, -0.2) is 0 Å². The quantitative estimate of drug-likeness (QED) is 0.594. The van der Waals surface area contributed by atoms with Gasteiger partial charge in [-0.3, -0.25) is 4.79 Å². The van der Waals surface area contributed by atoms with Gasteiger partial charge >= 0.3 is 0 Å². The topological polar surface area (TPSA) is 106 Å². The second-order valence-electron chi connectivity index (χ2n) is 5.26. The summed E-state index contributed by atoms with van der Waals surface area (Å²) in [6, 6.07) is 14.3. The van der Waals surface area contributed by atoms with E-state index in [0.29, 0.717) is 22.8 Å². The third kappa shape index (κ3) is 2.80. The minimum absolute atomic E-state index is 0.199. The molecule has 25 heavy (non-hydrogen) atoms. The number of hydrogen-bond donors (Lipinski definition) is 2. The number of aromatic amines is 1. The minimum atomic E-state index is -0.358. The van der Waals surface area contributed by atoms with Crippen molar-refractivity contribution in [1.82, 2.24) is 20.6 Å². The number of H-pyrrole nitrogens is 1. The molecule has 0 saturated heterocycles. The first-order valence-electron chi connectivity index (χ1n) is 7.46. The zero-order chi connectivity index (χ0) is 17.2. The van der Waals surface area contributed by atoms with Gasteiger partial charge in [0, 0.05) is 16.6 Å². The summed E-state index contributed by atoms with van der Waals surface area (Å²) in [6.07, 6.45) is 0. The SMILES string of the molecule is COc1cccc2cc(C(=O)Nc3cccc(-c4nn[nH]n4)c3)oc12. The second kappa shape index (κ2) is 6.08. The number of aromatic nitrogens is 4. The number of para-hydroxylation sites is 1. The highest BCUT2D eigenvalue weighted by molar-refractivity contribution is 6.05. The number of benzene rings is 2. The van der Waals surface area contributed by atoms with Crippen molar-refractivity contribution in [2.24, 2.45) is 0 Å². The molecule has 0 bridgehead atoms. The van der Waals surface area contributed by atoms with E-state index in [0.717, 1.165) is 10.9 Å². The molecule has 2 heterocycles. The molecular weight excluding hydrogens is 322 g/mol.